The van der Waals surface area contributed by atoms with Crippen LogP contribution in [0.15, 0.2) is 36.4 Å². The van der Waals surface area contributed by atoms with Crippen LogP contribution in [0.3, 0.4) is 0 Å². The summed E-state index contributed by atoms with van der Waals surface area (Å²) in [5, 5.41) is 14.1. The first-order chi connectivity index (χ1) is 10.1. The lowest BCUT2D eigenvalue weighted by molar-refractivity contribution is -0.385. The van der Waals surface area contributed by atoms with Crippen molar-refractivity contribution in [3.05, 3.63) is 63.5 Å². The van der Waals surface area contributed by atoms with E-state index in [0.717, 1.165) is 17.1 Å². The van der Waals surface area contributed by atoms with Gasteiger partial charge in [0.15, 0.2) is 0 Å². The summed E-state index contributed by atoms with van der Waals surface area (Å²) in [6.07, 6.45) is 0. The molecule has 0 radical (unpaired) electrons. The second-order valence-corrected chi connectivity index (χ2v) is 4.63. The average Bonchev–Trinajstić information content (AvgIpc) is 2.47. The molecule has 1 heterocycles. The van der Waals surface area contributed by atoms with Crippen molar-refractivity contribution in [2.45, 2.75) is 20.0 Å². The van der Waals surface area contributed by atoms with Crippen molar-refractivity contribution in [2.75, 3.05) is 7.11 Å². The van der Waals surface area contributed by atoms with E-state index in [2.05, 4.69) is 10.3 Å². The highest BCUT2D eigenvalue weighted by molar-refractivity contribution is 5.39. The summed E-state index contributed by atoms with van der Waals surface area (Å²) in [6, 6.07) is 10.4. The molecule has 0 bridgehead atoms. The molecule has 0 fully saturated rings. The first-order valence-corrected chi connectivity index (χ1v) is 6.54. The van der Waals surface area contributed by atoms with Crippen LogP contribution < -0.4 is 10.1 Å². The summed E-state index contributed by atoms with van der Waals surface area (Å²) >= 11 is 0. The fourth-order valence-corrected chi connectivity index (χ4v) is 2.07. The molecule has 0 aliphatic heterocycles. The van der Waals surface area contributed by atoms with Crippen LogP contribution in [-0.4, -0.2) is 17.0 Å². The number of benzene rings is 1. The van der Waals surface area contributed by atoms with Crippen molar-refractivity contribution < 1.29 is 9.66 Å². The minimum Gasteiger partial charge on any atom is -0.497 e. The largest absolute Gasteiger partial charge is 0.497 e. The van der Waals surface area contributed by atoms with Crippen molar-refractivity contribution in [1.29, 1.82) is 0 Å². The van der Waals surface area contributed by atoms with E-state index in [4.69, 9.17) is 4.74 Å². The molecule has 0 aliphatic carbocycles. The maximum atomic E-state index is 10.9. The van der Waals surface area contributed by atoms with Gasteiger partial charge in [-0.15, -0.1) is 0 Å². The van der Waals surface area contributed by atoms with Crippen molar-refractivity contribution in [2.24, 2.45) is 0 Å². The summed E-state index contributed by atoms with van der Waals surface area (Å²) in [4.78, 5) is 15.0. The number of para-hydroxylation sites is 1. The van der Waals surface area contributed by atoms with Gasteiger partial charge >= 0.3 is 0 Å². The Labute approximate surface area is 122 Å². The standard InChI is InChI=1S/C15H17N3O3/c1-11-7-14(21-2)8-13(17-11)10-16-9-12-5-3-4-6-15(12)18(19)20/h3-8,16H,9-10H2,1-2H3. The van der Waals surface area contributed by atoms with Gasteiger partial charge in [0.2, 0.25) is 0 Å². The highest BCUT2D eigenvalue weighted by atomic mass is 16.6. The fraction of sp³-hybridized carbons (Fsp3) is 0.267. The molecule has 0 saturated heterocycles. The topological polar surface area (TPSA) is 77.3 Å². The molecule has 21 heavy (non-hydrogen) atoms. The quantitative estimate of drug-likeness (QED) is 0.652. The third-order valence-electron chi connectivity index (χ3n) is 3.03. The van der Waals surface area contributed by atoms with Gasteiger partial charge in [0.25, 0.3) is 5.69 Å². The zero-order valence-corrected chi connectivity index (χ0v) is 12.0. The molecule has 0 unspecified atom stereocenters. The summed E-state index contributed by atoms with van der Waals surface area (Å²) < 4.78 is 5.19. The van der Waals surface area contributed by atoms with Crippen LogP contribution in [-0.2, 0) is 13.1 Å². The predicted molar refractivity (Wildman–Crippen MR) is 79.2 cm³/mol. The van der Waals surface area contributed by atoms with E-state index in [1.54, 1.807) is 25.3 Å². The number of hydrogen-bond donors (Lipinski definition) is 1. The monoisotopic (exact) mass is 287 g/mol. The third-order valence-corrected chi connectivity index (χ3v) is 3.03. The minimum atomic E-state index is -0.370. The van der Waals surface area contributed by atoms with Gasteiger partial charge in [0, 0.05) is 42.5 Å². The van der Waals surface area contributed by atoms with Crippen LogP contribution in [0.25, 0.3) is 0 Å². The van der Waals surface area contributed by atoms with Crippen LogP contribution in [0.1, 0.15) is 17.0 Å². The molecule has 2 aromatic rings. The van der Waals surface area contributed by atoms with Crippen molar-refractivity contribution in [3.63, 3.8) is 0 Å². The highest BCUT2D eigenvalue weighted by Gasteiger charge is 2.11. The third kappa shape index (κ3) is 4.00. The molecule has 0 aliphatic rings. The first kappa shape index (κ1) is 14.9. The number of nitro benzene ring substituents is 1. The Kier molecular flexibility index (Phi) is 4.84. The molecule has 110 valence electrons. The van der Waals surface area contributed by atoms with Gasteiger partial charge in [-0.3, -0.25) is 15.1 Å². The van der Waals surface area contributed by atoms with Gasteiger partial charge in [-0.1, -0.05) is 18.2 Å². The number of nitrogens with one attached hydrogen (secondary N) is 1. The first-order valence-electron chi connectivity index (χ1n) is 6.54. The van der Waals surface area contributed by atoms with Gasteiger partial charge in [-0.25, -0.2) is 0 Å². The lowest BCUT2D eigenvalue weighted by Crippen LogP contribution is -2.15. The second-order valence-electron chi connectivity index (χ2n) is 4.63. The number of aromatic nitrogens is 1. The van der Waals surface area contributed by atoms with E-state index in [1.807, 2.05) is 19.1 Å². The number of rotatable bonds is 6. The average molecular weight is 287 g/mol. The van der Waals surface area contributed by atoms with E-state index in [0.29, 0.717) is 18.7 Å². The number of hydrogen-bond acceptors (Lipinski definition) is 5. The molecule has 1 aromatic heterocycles. The molecule has 0 saturated carbocycles. The molecule has 1 N–H and O–H groups in total. The summed E-state index contributed by atoms with van der Waals surface area (Å²) in [6.45, 7) is 2.83. The van der Waals surface area contributed by atoms with Crippen LogP contribution in [0.5, 0.6) is 5.75 Å². The van der Waals surface area contributed by atoms with E-state index >= 15 is 0 Å². The second kappa shape index (κ2) is 6.81. The number of ether oxygens (including phenoxy) is 1. The summed E-state index contributed by atoms with van der Waals surface area (Å²) in [5.41, 5.74) is 2.49. The molecular weight excluding hydrogens is 270 g/mol. The van der Waals surface area contributed by atoms with Gasteiger partial charge < -0.3 is 10.1 Å². The van der Waals surface area contributed by atoms with Crippen LogP contribution in [0.4, 0.5) is 5.69 Å². The Bertz CT molecular complexity index is 644. The SMILES string of the molecule is COc1cc(C)nc(CNCc2ccccc2[N+](=O)[O-])c1. The number of nitrogens with zero attached hydrogens (tertiary/aromatic N) is 2. The molecule has 6 heteroatoms. The van der Waals surface area contributed by atoms with Gasteiger partial charge in [-0.05, 0) is 6.92 Å². The maximum Gasteiger partial charge on any atom is 0.273 e. The van der Waals surface area contributed by atoms with Crippen molar-refractivity contribution in [3.8, 4) is 5.75 Å². The van der Waals surface area contributed by atoms with E-state index in [9.17, 15) is 10.1 Å². The Hall–Kier alpha value is -2.47. The van der Waals surface area contributed by atoms with Crippen LogP contribution in [0, 0.1) is 17.0 Å². The van der Waals surface area contributed by atoms with E-state index < -0.39 is 0 Å². The maximum absolute atomic E-state index is 10.9. The highest BCUT2D eigenvalue weighted by Crippen LogP contribution is 2.17. The summed E-state index contributed by atoms with van der Waals surface area (Å²) in [7, 11) is 1.61. The molecule has 0 spiro atoms. The van der Waals surface area contributed by atoms with Gasteiger partial charge in [0.05, 0.1) is 17.7 Å². The fourth-order valence-electron chi connectivity index (χ4n) is 2.07. The number of methoxy groups -OCH3 is 1. The number of pyridine rings is 1. The van der Waals surface area contributed by atoms with Crippen molar-refractivity contribution in [1.82, 2.24) is 10.3 Å². The predicted octanol–water partition coefficient (Wildman–Crippen LogP) is 2.60. The molecule has 1 aromatic carbocycles. The minimum absolute atomic E-state index is 0.125. The van der Waals surface area contributed by atoms with Crippen molar-refractivity contribution >= 4 is 5.69 Å². The summed E-state index contributed by atoms with van der Waals surface area (Å²) in [5.74, 6) is 0.755. The Balaban J connectivity index is 2.02. The normalized spacial score (nSPS) is 10.4. The van der Waals surface area contributed by atoms with E-state index in [1.165, 1.54) is 6.07 Å². The van der Waals surface area contributed by atoms with Crippen LogP contribution >= 0.6 is 0 Å². The Morgan fingerprint density at radius 2 is 2.05 bits per heavy atom. The molecular formula is C15H17N3O3. The van der Waals surface area contributed by atoms with E-state index in [-0.39, 0.29) is 10.6 Å². The zero-order chi connectivity index (χ0) is 15.2. The molecule has 0 atom stereocenters. The lowest BCUT2D eigenvalue weighted by Gasteiger charge is -2.08. The Morgan fingerprint density at radius 1 is 1.29 bits per heavy atom. The van der Waals surface area contributed by atoms with Gasteiger partial charge in [0.1, 0.15) is 5.75 Å². The van der Waals surface area contributed by atoms with Crippen LogP contribution in [0.2, 0.25) is 0 Å². The molecule has 6 nitrogen and oxygen atoms in total. The van der Waals surface area contributed by atoms with Gasteiger partial charge in [-0.2, -0.15) is 0 Å². The number of aryl methyl sites for hydroxylation is 1. The smallest absolute Gasteiger partial charge is 0.273 e. The molecule has 0 amide bonds. The Morgan fingerprint density at radius 3 is 2.76 bits per heavy atom. The molecule has 2 rings (SSSR count). The number of nitro groups is 1. The lowest BCUT2D eigenvalue weighted by atomic mass is 10.2. The zero-order valence-electron chi connectivity index (χ0n) is 12.0.